The molecule has 0 radical (unpaired) electrons. The Bertz CT molecular complexity index is 1130. The number of anilines is 1. The highest BCUT2D eigenvalue weighted by molar-refractivity contribution is 5.87. The lowest BCUT2D eigenvalue weighted by atomic mass is 9.68. The highest BCUT2D eigenvalue weighted by atomic mass is 35.5. The summed E-state index contributed by atoms with van der Waals surface area (Å²) in [5.74, 6) is 5.74. The minimum absolute atomic E-state index is 0. The molecule has 2 aliphatic carbocycles. The number of aromatic nitrogens is 2. The largest absolute Gasteiger partial charge is 0.368 e. The van der Waals surface area contributed by atoms with Gasteiger partial charge in [-0.15, -0.1) is 12.4 Å². The molecule has 2 unspecified atom stereocenters. The fraction of sp³-hybridized carbons (Fsp3) is 0.619. The number of hydrogen-bond donors (Lipinski definition) is 2. The number of halogens is 2. The molecule has 3 fully saturated rings. The van der Waals surface area contributed by atoms with Gasteiger partial charge in [-0.3, -0.25) is 9.36 Å². The predicted octanol–water partition coefficient (Wildman–Crippen LogP) is 2.04. The van der Waals surface area contributed by atoms with E-state index < -0.39 is 17.1 Å². The van der Waals surface area contributed by atoms with Crippen molar-refractivity contribution in [2.45, 2.75) is 51.5 Å². The highest BCUT2D eigenvalue weighted by Crippen LogP contribution is 2.48. The van der Waals surface area contributed by atoms with Gasteiger partial charge in [0.15, 0.2) is 0 Å². The molecule has 2 heterocycles. The molecule has 1 aromatic carbocycles. The molecule has 0 bridgehead atoms. The fourth-order valence-electron chi connectivity index (χ4n) is 5.80. The van der Waals surface area contributed by atoms with Crippen LogP contribution in [0.1, 0.15) is 50.1 Å². The van der Waals surface area contributed by atoms with Crippen LogP contribution in [0.25, 0.3) is 10.9 Å². The van der Waals surface area contributed by atoms with E-state index in [4.69, 9.17) is 11.6 Å². The van der Waals surface area contributed by atoms with Crippen LogP contribution in [0.3, 0.4) is 0 Å². The van der Waals surface area contributed by atoms with E-state index in [2.05, 4.69) is 4.90 Å². The average Bonchev–Trinajstić information content (AvgIpc) is 3.46. The first-order valence-electron chi connectivity index (χ1n) is 10.6. The smallest absolute Gasteiger partial charge is 0.350 e. The van der Waals surface area contributed by atoms with Crippen LogP contribution in [0.5, 0.6) is 0 Å². The van der Waals surface area contributed by atoms with Crippen LogP contribution in [-0.2, 0) is 0 Å². The number of benzene rings is 1. The van der Waals surface area contributed by atoms with Gasteiger partial charge in [0.25, 0.3) is 5.56 Å². The van der Waals surface area contributed by atoms with Gasteiger partial charge in [-0.1, -0.05) is 12.8 Å². The summed E-state index contributed by atoms with van der Waals surface area (Å²) in [6, 6.07) is 1.28. The maximum atomic E-state index is 15.4. The molecule has 30 heavy (non-hydrogen) atoms. The van der Waals surface area contributed by atoms with Gasteiger partial charge in [-0.05, 0) is 51.1 Å². The van der Waals surface area contributed by atoms with Gasteiger partial charge in [0, 0.05) is 30.1 Å². The van der Waals surface area contributed by atoms with Gasteiger partial charge in [0.05, 0.1) is 16.6 Å². The second-order valence-electron chi connectivity index (χ2n) is 9.18. The minimum Gasteiger partial charge on any atom is -0.368 e. The Kier molecular flexibility index (Phi) is 5.13. The third-order valence-corrected chi connectivity index (χ3v) is 7.49. The lowest BCUT2D eigenvalue weighted by Crippen LogP contribution is -2.44. The number of nitrogens with zero attached hydrogens (tertiary/aromatic N) is 3. The van der Waals surface area contributed by atoms with Crippen molar-refractivity contribution in [2.75, 3.05) is 30.4 Å². The lowest BCUT2D eigenvalue weighted by molar-refractivity contribution is 0.160. The van der Waals surface area contributed by atoms with Crippen molar-refractivity contribution < 1.29 is 4.39 Å². The molecule has 2 atom stereocenters. The van der Waals surface area contributed by atoms with Gasteiger partial charge in [0.1, 0.15) is 5.82 Å². The van der Waals surface area contributed by atoms with E-state index >= 15 is 4.39 Å². The Morgan fingerprint density at radius 1 is 1.23 bits per heavy atom. The van der Waals surface area contributed by atoms with Gasteiger partial charge in [-0.25, -0.2) is 9.18 Å². The van der Waals surface area contributed by atoms with Crippen molar-refractivity contribution >= 4 is 29.0 Å². The molecule has 2 aromatic rings. The molecule has 1 aromatic heterocycles. The molecule has 9 heteroatoms. The number of nitrogen functional groups attached to an aromatic ring is 1. The number of aryl methyl sites for hydroxylation is 1. The van der Waals surface area contributed by atoms with Gasteiger partial charge >= 0.3 is 5.69 Å². The molecule has 164 valence electrons. The van der Waals surface area contributed by atoms with Crippen molar-refractivity contribution in [1.82, 2.24) is 9.24 Å². The summed E-state index contributed by atoms with van der Waals surface area (Å²) >= 11 is 0. The summed E-state index contributed by atoms with van der Waals surface area (Å²) in [4.78, 5) is 27.4. The molecule has 3 aliphatic rings. The standard InChI is InChI=1S/C21H28FN5O2.ClH/c1-12-17-15(19(28)27(24)20(29)26(17)14-5-6-14)8-16(22)18(12)25-9-13-4-2-3-7-21(13,10-23)11-25;/h8,13-14H,2-7,9-11,23-24H2,1H3;1H. The predicted molar refractivity (Wildman–Crippen MR) is 118 cm³/mol. The highest BCUT2D eigenvalue weighted by Gasteiger charge is 2.47. The quantitative estimate of drug-likeness (QED) is 0.716. The summed E-state index contributed by atoms with van der Waals surface area (Å²) < 4.78 is 17.5. The van der Waals surface area contributed by atoms with Crippen LogP contribution >= 0.6 is 12.4 Å². The Labute approximate surface area is 180 Å². The van der Waals surface area contributed by atoms with E-state index in [0.717, 1.165) is 45.2 Å². The molecule has 1 aliphatic heterocycles. The van der Waals surface area contributed by atoms with Crippen molar-refractivity contribution in [2.24, 2.45) is 17.1 Å². The SMILES string of the molecule is Cc1c(N2CC3CCCCC3(CN)C2)c(F)cc2c(=O)n(N)c(=O)n(C3CC3)c12.Cl. The zero-order valence-electron chi connectivity index (χ0n) is 17.2. The molecule has 7 nitrogen and oxygen atoms in total. The summed E-state index contributed by atoms with van der Waals surface area (Å²) in [5.41, 5.74) is 6.72. The van der Waals surface area contributed by atoms with E-state index in [-0.39, 0.29) is 29.3 Å². The first kappa shape index (κ1) is 21.2. The first-order valence-corrected chi connectivity index (χ1v) is 10.6. The number of fused-ring (bicyclic) bond motifs is 2. The normalized spacial score (nSPS) is 26.0. The summed E-state index contributed by atoms with van der Waals surface area (Å²) in [7, 11) is 0. The second-order valence-corrected chi connectivity index (χ2v) is 9.18. The molecule has 0 amide bonds. The Hall–Kier alpha value is -2.06. The average molecular weight is 438 g/mol. The number of hydrogen-bond acceptors (Lipinski definition) is 5. The zero-order chi connectivity index (χ0) is 20.5. The minimum atomic E-state index is -0.649. The molecule has 1 saturated heterocycles. The Morgan fingerprint density at radius 3 is 2.60 bits per heavy atom. The van der Waals surface area contributed by atoms with E-state index in [1.165, 1.54) is 12.5 Å². The Morgan fingerprint density at radius 2 is 1.97 bits per heavy atom. The van der Waals surface area contributed by atoms with Gasteiger partial charge in [0.2, 0.25) is 0 Å². The zero-order valence-corrected chi connectivity index (χ0v) is 18.0. The molecule has 0 spiro atoms. The van der Waals surface area contributed by atoms with Gasteiger partial charge < -0.3 is 16.5 Å². The summed E-state index contributed by atoms with van der Waals surface area (Å²) in [6.07, 6.45) is 6.27. The third kappa shape index (κ3) is 2.87. The van der Waals surface area contributed by atoms with Crippen molar-refractivity contribution in [3.63, 3.8) is 0 Å². The summed E-state index contributed by atoms with van der Waals surface area (Å²) in [5, 5.41) is 0.169. The fourth-order valence-corrected chi connectivity index (χ4v) is 5.80. The topological polar surface area (TPSA) is 99.3 Å². The van der Waals surface area contributed by atoms with E-state index in [9.17, 15) is 9.59 Å². The van der Waals surface area contributed by atoms with Crippen LogP contribution in [-0.4, -0.2) is 28.9 Å². The van der Waals surface area contributed by atoms with Crippen LogP contribution < -0.4 is 27.7 Å². The van der Waals surface area contributed by atoms with Gasteiger partial charge in [-0.2, -0.15) is 4.68 Å². The molecule has 2 saturated carbocycles. The van der Waals surface area contributed by atoms with Crippen LogP contribution in [0.15, 0.2) is 15.7 Å². The molecule has 5 rings (SSSR count). The van der Waals surface area contributed by atoms with Crippen LogP contribution in [0.2, 0.25) is 0 Å². The molecular weight excluding hydrogens is 409 g/mol. The number of nitrogens with two attached hydrogens (primary N) is 2. The van der Waals surface area contributed by atoms with Crippen molar-refractivity contribution in [3.05, 3.63) is 38.3 Å². The van der Waals surface area contributed by atoms with Crippen molar-refractivity contribution in [3.8, 4) is 0 Å². The second kappa shape index (κ2) is 7.27. The lowest BCUT2D eigenvalue weighted by Gasteiger charge is -2.37. The van der Waals surface area contributed by atoms with Crippen molar-refractivity contribution in [1.29, 1.82) is 0 Å². The maximum Gasteiger partial charge on any atom is 0.350 e. The van der Waals surface area contributed by atoms with Crippen LogP contribution in [0, 0.1) is 24.1 Å². The van der Waals surface area contributed by atoms with E-state index in [1.807, 2.05) is 6.92 Å². The van der Waals surface area contributed by atoms with Crippen LogP contribution in [0.4, 0.5) is 10.1 Å². The molecular formula is C21H29ClFN5O2. The summed E-state index contributed by atoms with van der Waals surface area (Å²) in [6.45, 7) is 3.91. The maximum absolute atomic E-state index is 15.4. The monoisotopic (exact) mass is 437 g/mol. The first-order chi connectivity index (χ1) is 13.9. The molecule has 4 N–H and O–H groups in total. The third-order valence-electron chi connectivity index (χ3n) is 7.49. The Balaban J connectivity index is 0.00000218. The van der Waals surface area contributed by atoms with E-state index in [0.29, 0.717) is 33.9 Å². The number of rotatable bonds is 3. The van der Waals surface area contributed by atoms with E-state index in [1.54, 1.807) is 4.57 Å².